The number of hydrogen-bond acceptors (Lipinski definition) is 5. The van der Waals surface area contributed by atoms with Crippen LogP contribution in [0.3, 0.4) is 0 Å². The van der Waals surface area contributed by atoms with E-state index in [-0.39, 0.29) is 43.4 Å². The maximum Gasteiger partial charge on any atom is 0.411 e. The predicted molar refractivity (Wildman–Crippen MR) is 105 cm³/mol. The number of hydrogen-bond donors (Lipinski definition) is 1. The van der Waals surface area contributed by atoms with E-state index < -0.39 is 12.8 Å². The maximum absolute atomic E-state index is 12.6. The Morgan fingerprint density at radius 2 is 2.10 bits per heavy atom. The smallest absolute Gasteiger partial charge is 0.401 e. The third-order valence-corrected chi connectivity index (χ3v) is 3.98. The zero-order chi connectivity index (χ0) is 22.0. The van der Waals surface area contributed by atoms with E-state index in [0.717, 1.165) is 5.57 Å². The van der Waals surface area contributed by atoms with Crippen LogP contribution in [-0.4, -0.2) is 55.8 Å². The molecular formula is C20H26F3N3O3. The molecule has 0 unspecified atom stereocenters. The molecule has 1 heterocycles. The molecule has 0 spiro atoms. The molecule has 0 radical (unpaired) electrons. The number of ketones is 1. The molecule has 1 amide bonds. The van der Waals surface area contributed by atoms with Crippen molar-refractivity contribution in [3.63, 3.8) is 0 Å². The standard InChI is InChI=1S/C20H26F3N3O3/c1-4-18(27)17-12-26(19(28)16(17)7-8-25-3)11-15(24)10-14(2)6-5-9-29-13-20(21,22)23/h6-8,10H,3-5,9,11-13,24H2,1-2H3/b8-7-,14-6-,15-10-. The first-order valence-electron chi connectivity index (χ1n) is 9.04. The third-order valence-electron chi connectivity index (χ3n) is 3.98. The number of allylic oxidation sites excluding steroid dienone is 2. The fourth-order valence-corrected chi connectivity index (χ4v) is 2.70. The van der Waals surface area contributed by atoms with Crippen LogP contribution in [0, 0.1) is 0 Å². The molecular weight excluding hydrogens is 387 g/mol. The van der Waals surface area contributed by atoms with E-state index in [1.807, 2.05) is 0 Å². The lowest BCUT2D eigenvalue weighted by Gasteiger charge is -2.17. The van der Waals surface area contributed by atoms with Gasteiger partial charge < -0.3 is 15.4 Å². The van der Waals surface area contributed by atoms with Crippen LogP contribution < -0.4 is 5.73 Å². The molecule has 6 nitrogen and oxygen atoms in total. The van der Waals surface area contributed by atoms with Crippen LogP contribution in [0.5, 0.6) is 0 Å². The van der Waals surface area contributed by atoms with Gasteiger partial charge in [-0.15, -0.1) is 0 Å². The van der Waals surface area contributed by atoms with Crippen LogP contribution in [-0.2, 0) is 14.3 Å². The Bertz CT molecular complexity index is 750. The Morgan fingerprint density at radius 3 is 2.69 bits per heavy atom. The molecule has 0 atom stereocenters. The lowest BCUT2D eigenvalue weighted by molar-refractivity contribution is -0.173. The van der Waals surface area contributed by atoms with Crippen LogP contribution >= 0.6 is 0 Å². The maximum atomic E-state index is 12.6. The third kappa shape index (κ3) is 8.47. The highest BCUT2D eigenvalue weighted by Gasteiger charge is 2.31. The Balaban J connectivity index is 2.69. The number of aliphatic imine (C=N–C) groups is 1. The number of ether oxygens (including phenoxy) is 1. The second-order valence-electron chi connectivity index (χ2n) is 6.45. The Labute approximate surface area is 168 Å². The zero-order valence-corrected chi connectivity index (χ0v) is 16.6. The number of carbonyl (C=O) groups excluding carboxylic acids is 2. The number of amides is 1. The molecule has 0 aromatic carbocycles. The molecule has 0 saturated carbocycles. The van der Waals surface area contributed by atoms with Gasteiger partial charge in [-0.25, -0.2) is 0 Å². The zero-order valence-electron chi connectivity index (χ0n) is 16.6. The van der Waals surface area contributed by atoms with Crippen molar-refractivity contribution in [1.29, 1.82) is 0 Å². The molecule has 1 aliphatic rings. The first kappa shape index (κ1) is 24.4. The van der Waals surface area contributed by atoms with Crippen LogP contribution in [0.25, 0.3) is 0 Å². The summed E-state index contributed by atoms with van der Waals surface area (Å²) in [6.45, 7) is 5.72. The van der Waals surface area contributed by atoms with Crippen molar-refractivity contribution in [1.82, 2.24) is 4.90 Å². The minimum atomic E-state index is -4.34. The lowest BCUT2D eigenvalue weighted by atomic mass is 10.1. The second kappa shape index (κ2) is 11.4. The molecule has 0 saturated heterocycles. The highest BCUT2D eigenvalue weighted by Crippen LogP contribution is 2.23. The van der Waals surface area contributed by atoms with Gasteiger partial charge in [-0.05, 0) is 32.2 Å². The first-order chi connectivity index (χ1) is 13.6. The highest BCUT2D eigenvalue weighted by molar-refractivity contribution is 6.10. The summed E-state index contributed by atoms with van der Waals surface area (Å²) < 4.78 is 40.5. The summed E-state index contributed by atoms with van der Waals surface area (Å²) in [7, 11) is 0. The molecule has 0 aliphatic carbocycles. The van der Waals surface area contributed by atoms with E-state index in [4.69, 9.17) is 5.73 Å². The van der Waals surface area contributed by atoms with E-state index in [1.165, 1.54) is 17.2 Å². The molecule has 0 aromatic rings. The summed E-state index contributed by atoms with van der Waals surface area (Å²) in [5.74, 6) is -0.442. The predicted octanol–water partition coefficient (Wildman–Crippen LogP) is 3.08. The van der Waals surface area contributed by atoms with Crippen molar-refractivity contribution >= 4 is 18.4 Å². The minimum Gasteiger partial charge on any atom is -0.401 e. The summed E-state index contributed by atoms with van der Waals surface area (Å²) >= 11 is 0. The van der Waals surface area contributed by atoms with Gasteiger partial charge in [-0.3, -0.25) is 14.6 Å². The Hall–Kier alpha value is -2.68. The van der Waals surface area contributed by atoms with Gasteiger partial charge in [-0.1, -0.05) is 18.6 Å². The second-order valence-corrected chi connectivity index (χ2v) is 6.45. The summed E-state index contributed by atoms with van der Waals surface area (Å²) in [4.78, 5) is 29.7. The number of rotatable bonds is 11. The topological polar surface area (TPSA) is 85.0 Å². The van der Waals surface area contributed by atoms with E-state index >= 15 is 0 Å². The van der Waals surface area contributed by atoms with Crippen molar-refractivity contribution < 1.29 is 27.5 Å². The highest BCUT2D eigenvalue weighted by atomic mass is 19.4. The normalized spacial score (nSPS) is 16.3. The van der Waals surface area contributed by atoms with Gasteiger partial charge in [-0.2, -0.15) is 13.2 Å². The number of nitrogens with two attached hydrogens (primary N) is 1. The molecule has 1 aliphatic heterocycles. The number of Topliss-reactive ketones (excluding diaryl/α,β-unsaturated/α-hetero) is 1. The van der Waals surface area contributed by atoms with E-state index in [9.17, 15) is 22.8 Å². The van der Waals surface area contributed by atoms with Gasteiger partial charge in [0.05, 0.1) is 19.7 Å². The monoisotopic (exact) mass is 413 g/mol. The van der Waals surface area contributed by atoms with E-state index in [0.29, 0.717) is 17.7 Å². The molecule has 0 bridgehead atoms. The quantitative estimate of drug-likeness (QED) is 0.321. The summed E-state index contributed by atoms with van der Waals surface area (Å²) in [6, 6.07) is 0. The molecule has 9 heteroatoms. The van der Waals surface area contributed by atoms with Crippen LogP contribution in [0.1, 0.15) is 26.7 Å². The van der Waals surface area contributed by atoms with E-state index in [1.54, 1.807) is 26.0 Å². The minimum absolute atomic E-state index is 0.0609. The summed E-state index contributed by atoms with van der Waals surface area (Å²) in [5.41, 5.74) is 7.82. The SMILES string of the molecule is C=N/C=C\C1=C(C(=O)CC)CN(C/C(N)=C/C(C)=C\CCOCC(F)(F)F)C1=O. The van der Waals surface area contributed by atoms with Gasteiger partial charge in [0.25, 0.3) is 5.91 Å². The largest absolute Gasteiger partial charge is 0.411 e. The van der Waals surface area contributed by atoms with Gasteiger partial charge in [0, 0.05) is 29.5 Å². The van der Waals surface area contributed by atoms with Crippen molar-refractivity contribution in [2.75, 3.05) is 26.3 Å². The van der Waals surface area contributed by atoms with Crippen molar-refractivity contribution in [2.45, 2.75) is 32.9 Å². The number of alkyl halides is 3. The van der Waals surface area contributed by atoms with Crippen molar-refractivity contribution in [2.24, 2.45) is 10.7 Å². The lowest BCUT2D eigenvalue weighted by Crippen LogP contribution is -2.31. The molecule has 29 heavy (non-hydrogen) atoms. The van der Waals surface area contributed by atoms with Crippen molar-refractivity contribution in [3.8, 4) is 0 Å². The number of nitrogens with zero attached hydrogens (tertiary/aromatic N) is 2. The fraction of sp³-hybridized carbons (Fsp3) is 0.450. The fourth-order valence-electron chi connectivity index (χ4n) is 2.70. The van der Waals surface area contributed by atoms with E-state index in [2.05, 4.69) is 16.4 Å². The number of carbonyl (C=O) groups is 2. The van der Waals surface area contributed by atoms with Gasteiger partial charge in [0.2, 0.25) is 0 Å². The molecule has 0 fully saturated rings. The number of halogens is 3. The molecule has 2 N–H and O–H groups in total. The molecule has 0 aromatic heterocycles. The van der Waals surface area contributed by atoms with Gasteiger partial charge in [0.1, 0.15) is 6.61 Å². The van der Waals surface area contributed by atoms with Gasteiger partial charge >= 0.3 is 6.18 Å². The Kier molecular flexibility index (Phi) is 9.54. The summed E-state index contributed by atoms with van der Waals surface area (Å²) in [5, 5.41) is 0. The summed E-state index contributed by atoms with van der Waals surface area (Å²) in [6.07, 6.45) is 2.39. The van der Waals surface area contributed by atoms with Crippen LogP contribution in [0.15, 0.2) is 51.8 Å². The first-order valence-corrected chi connectivity index (χ1v) is 9.04. The Morgan fingerprint density at radius 1 is 1.41 bits per heavy atom. The van der Waals surface area contributed by atoms with Crippen LogP contribution in [0.4, 0.5) is 13.2 Å². The van der Waals surface area contributed by atoms with Crippen molar-refractivity contribution in [3.05, 3.63) is 46.8 Å². The molecule has 1 rings (SSSR count). The average molecular weight is 413 g/mol. The molecule has 160 valence electrons. The van der Waals surface area contributed by atoms with Crippen LogP contribution in [0.2, 0.25) is 0 Å². The van der Waals surface area contributed by atoms with Gasteiger partial charge in [0.15, 0.2) is 5.78 Å². The average Bonchev–Trinajstić information content (AvgIpc) is 2.93.